The first-order valence-corrected chi connectivity index (χ1v) is 9.67. The van der Waals surface area contributed by atoms with Crippen LogP contribution in [0.5, 0.6) is 0 Å². The lowest BCUT2D eigenvalue weighted by molar-refractivity contribution is -0.384. The number of hydrogen-bond donors (Lipinski definition) is 1. The van der Waals surface area contributed by atoms with Crippen LogP contribution in [0.1, 0.15) is 16.7 Å². The molecule has 0 aromatic heterocycles. The Morgan fingerprint density at radius 3 is 2.26 bits per heavy atom. The van der Waals surface area contributed by atoms with Gasteiger partial charge in [-0.2, -0.15) is 0 Å². The maximum atomic E-state index is 13.3. The number of non-ortho nitro benzene ring substituents is 1. The molecular weight excluding hydrogens is 394 g/mol. The summed E-state index contributed by atoms with van der Waals surface area (Å²) in [7, 11) is 0. The summed E-state index contributed by atoms with van der Waals surface area (Å²) in [6.07, 6.45) is 0. The quantitative estimate of drug-likeness (QED) is 0.370. The molecule has 154 valence electrons. The fourth-order valence-electron chi connectivity index (χ4n) is 3.49. The van der Waals surface area contributed by atoms with Crippen molar-refractivity contribution in [1.82, 2.24) is 4.90 Å². The minimum atomic E-state index is -0.507. The molecule has 3 aromatic carbocycles. The predicted octanol–water partition coefficient (Wildman–Crippen LogP) is 4.30. The van der Waals surface area contributed by atoms with E-state index < -0.39 is 16.7 Å². The molecule has 0 saturated heterocycles. The number of amides is 2. The van der Waals surface area contributed by atoms with E-state index in [-0.39, 0.29) is 23.5 Å². The third kappa shape index (κ3) is 4.06. The molecule has 1 aliphatic rings. The van der Waals surface area contributed by atoms with Gasteiger partial charge in [0.2, 0.25) is 0 Å². The van der Waals surface area contributed by atoms with E-state index in [1.165, 1.54) is 29.2 Å². The molecule has 1 aliphatic heterocycles. The summed E-state index contributed by atoms with van der Waals surface area (Å²) in [6, 6.07) is 22.3. The lowest BCUT2D eigenvalue weighted by atomic mass is 10.0. The van der Waals surface area contributed by atoms with Crippen LogP contribution in [-0.2, 0) is 16.1 Å². The van der Waals surface area contributed by atoms with Crippen molar-refractivity contribution in [3.05, 3.63) is 111 Å². The van der Waals surface area contributed by atoms with Gasteiger partial charge < -0.3 is 5.32 Å². The fraction of sp³-hybridized carbons (Fsp3) is 0.0833. The standard InChI is InChI=1S/C24H19N3O4/c1-16-6-5-9-19(14-16)25-22-21(18-10-12-20(13-11-18)27(30)31)23(28)26(24(22)29)15-17-7-3-2-4-8-17/h2-14,25H,15H2,1H3. The zero-order valence-electron chi connectivity index (χ0n) is 16.7. The summed E-state index contributed by atoms with van der Waals surface area (Å²) < 4.78 is 0. The zero-order chi connectivity index (χ0) is 22.0. The molecule has 2 amide bonds. The number of nitro benzene ring substituents is 1. The smallest absolute Gasteiger partial charge is 0.278 e. The number of nitrogens with one attached hydrogen (secondary N) is 1. The van der Waals surface area contributed by atoms with Crippen molar-refractivity contribution in [3.8, 4) is 0 Å². The predicted molar refractivity (Wildman–Crippen MR) is 117 cm³/mol. The third-order valence-corrected chi connectivity index (χ3v) is 5.01. The first-order chi connectivity index (χ1) is 14.9. The lowest BCUT2D eigenvalue weighted by Crippen LogP contribution is -2.31. The molecule has 3 aromatic rings. The van der Waals surface area contributed by atoms with E-state index in [4.69, 9.17) is 0 Å². The van der Waals surface area contributed by atoms with E-state index in [9.17, 15) is 19.7 Å². The molecule has 0 atom stereocenters. The van der Waals surface area contributed by atoms with Gasteiger partial charge in [0.05, 0.1) is 17.0 Å². The molecule has 0 bridgehead atoms. The van der Waals surface area contributed by atoms with Gasteiger partial charge in [0, 0.05) is 17.8 Å². The van der Waals surface area contributed by atoms with Crippen LogP contribution in [0.4, 0.5) is 11.4 Å². The summed E-state index contributed by atoms with van der Waals surface area (Å²) in [5.41, 5.74) is 3.20. The number of imide groups is 1. The lowest BCUT2D eigenvalue weighted by Gasteiger charge is -2.15. The number of nitro groups is 1. The molecule has 1 N–H and O–H groups in total. The van der Waals surface area contributed by atoms with Gasteiger partial charge in [0.15, 0.2) is 0 Å². The number of hydrogen-bond acceptors (Lipinski definition) is 5. The van der Waals surface area contributed by atoms with E-state index in [0.717, 1.165) is 11.1 Å². The maximum Gasteiger partial charge on any atom is 0.278 e. The molecule has 4 rings (SSSR count). The van der Waals surface area contributed by atoms with Crippen molar-refractivity contribution in [1.29, 1.82) is 0 Å². The third-order valence-electron chi connectivity index (χ3n) is 5.01. The summed E-state index contributed by atoms with van der Waals surface area (Å²) in [6.45, 7) is 2.06. The number of anilines is 1. The second kappa shape index (κ2) is 8.23. The molecule has 31 heavy (non-hydrogen) atoms. The molecule has 0 saturated carbocycles. The summed E-state index contributed by atoms with van der Waals surface area (Å²) in [4.78, 5) is 38.2. The van der Waals surface area contributed by atoms with Crippen LogP contribution in [0, 0.1) is 17.0 Å². The van der Waals surface area contributed by atoms with Crippen LogP contribution >= 0.6 is 0 Å². The number of aryl methyl sites for hydroxylation is 1. The molecule has 0 fully saturated rings. The topological polar surface area (TPSA) is 92.6 Å². The number of carbonyl (C=O) groups excluding carboxylic acids is 2. The van der Waals surface area contributed by atoms with Crippen molar-refractivity contribution in [2.24, 2.45) is 0 Å². The maximum absolute atomic E-state index is 13.3. The fourth-order valence-corrected chi connectivity index (χ4v) is 3.49. The van der Waals surface area contributed by atoms with Crippen LogP contribution < -0.4 is 5.32 Å². The molecule has 7 heteroatoms. The second-order valence-electron chi connectivity index (χ2n) is 7.23. The minimum Gasteiger partial charge on any atom is -0.350 e. The number of rotatable bonds is 6. The summed E-state index contributed by atoms with van der Waals surface area (Å²) in [5.74, 6) is -0.887. The van der Waals surface area contributed by atoms with Crippen molar-refractivity contribution in [3.63, 3.8) is 0 Å². The normalized spacial score (nSPS) is 13.6. The van der Waals surface area contributed by atoms with Crippen molar-refractivity contribution < 1.29 is 14.5 Å². The van der Waals surface area contributed by atoms with Gasteiger partial charge in [-0.3, -0.25) is 24.6 Å². The van der Waals surface area contributed by atoms with E-state index in [1.54, 1.807) is 0 Å². The molecule has 1 heterocycles. The Morgan fingerprint density at radius 1 is 0.903 bits per heavy atom. The van der Waals surface area contributed by atoms with Crippen LogP contribution in [0.3, 0.4) is 0 Å². The number of carbonyl (C=O) groups is 2. The highest BCUT2D eigenvalue weighted by molar-refractivity contribution is 6.36. The highest BCUT2D eigenvalue weighted by Gasteiger charge is 2.39. The van der Waals surface area contributed by atoms with E-state index in [0.29, 0.717) is 11.3 Å². The summed E-state index contributed by atoms with van der Waals surface area (Å²) >= 11 is 0. The van der Waals surface area contributed by atoms with Gasteiger partial charge in [-0.05, 0) is 47.9 Å². The SMILES string of the molecule is Cc1cccc(NC2=C(c3ccc([N+](=O)[O-])cc3)C(=O)N(Cc3ccccc3)C2=O)c1. The highest BCUT2D eigenvalue weighted by Crippen LogP contribution is 2.32. The Bertz CT molecular complexity index is 1200. The largest absolute Gasteiger partial charge is 0.350 e. The van der Waals surface area contributed by atoms with Gasteiger partial charge in [0.1, 0.15) is 5.70 Å². The van der Waals surface area contributed by atoms with Crippen LogP contribution in [0.2, 0.25) is 0 Å². The molecule has 0 radical (unpaired) electrons. The molecule has 7 nitrogen and oxygen atoms in total. The Balaban J connectivity index is 1.75. The Morgan fingerprint density at radius 2 is 1.61 bits per heavy atom. The first-order valence-electron chi connectivity index (χ1n) is 9.67. The van der Waals surface area contributed by atoms with Gasteiger partial charge >= 0.3 is 0 Å². The minimum absolute atomic E-state index is 0.0875. The van der Waals surface area contributed by atoms with Crippen molar-refractivity contribution in [2.75, 3.05) is 5.32 Å². The number of benzene rings is 3. The van der Waals surface area contributed by atoms with E-state index >= 15 is 0 Å². The first kappa shape index (κ1) is 20.0. The van der Waals surface area contributed by atoms with Gasteiger partial charge in [-0.1, -0.05) is 42.5 Å². The van der Waals surface area contributed by atoms with Gasteiger partial charge in [-0.15, -0.1) is 0 Å². The Hall–Kier alpha value is -4.26. The molecule has 0 unspecified atom stereocenters. The zero-order valence-corrected chi connectivity index (χ0v) is 16.7. The number of nitrogens with zero attached hydrogens (tertiary/aromatic N) is 2. The average Bonchev–Trinajstić information content (AvgIpc) is 2.99. The highest BCUT2D eigenvalue weighted by atomic mass is 16.6. The van der Waals surface area contributed by atoms with Gasteiger partial charge in [-0.25, -0.2) is 0 Å². The Kier molecular flexibility index (Phi) is 5.32. The average molecular weight is 413 g/mol. The van der Waals surface area contributed by atoms with Crippen LogP contribution in [0.25, 0.3) is 5.57 Å². The summed E-state index contributed by atoms with van der Waals surface area (Å²) in [5, 5.41) is 14.1. The van der Waals surface area contributed by atoms with Crippen LogP contribution in [0.15, 0.2) is 84.6 Å². The van der Waals surface area contributed by atoms with E-state index in [2.05, 4.69) is 5.32 Å². The van der Waals surface area contributed by atoms with E-state index in [1.807, 2.05) is 61.5 Å². The molecule has 0 spiro atoms. The Labute approximate surface area is 178 Å². The molecular formula is C24H19N3O4. The van der Waals surface area contributed by atoms with Crippen LogP contribution in [-0.4, -0.2) is 21.6 Å². The van der Waals surface area contributed by atoms with Crippen molar-refractivity contribution >= 4 is 28.8 Å². The second-order valence-corrected chi connectivity index (χ2v) is 7.23. The van der Waals surface area contributed by atoms with Crippen molar-refractivity contribution in [2.45, 2.75) is 13.5 Å². The monoisotopic (exact) mass is 413 g/mol. The van der Waals surface area contributed by atoms with Gasteiger partial charge in [0.25, 0.3) is 17.5 Å². The molecule has 0 aliphatic carbocycles.